The SMILES string of the molecule is COc1cc(C=Nn2c(C3CCCCC3)nc3ccc(Br)cc3c2=O)c(Br)c(Cl)c1OCc1cccc(C(=O)O)c1. The van der Waals surface area contributed by atoms with E-state index >= 15 is 0 Å². The Morgan fingerprint density at radius 3 is 2.68 bits per heavy atom. The van der Waals surface area contributed by atoms with Gasteiger partial charge in [-0.15, -0.1) is 0 Å². The summed E-state index contributed by atoms with van der Waals surface area (Å²) in [6, 6.07) is 13.7. The average Bonchev–Trinajstić information content (AvgIpc) is 2.98. The topological polar surface area (TPSA) is 103 Å². The van der Waals surface area contributed by atoms with Crippen LogP contribution >= 0.6 is 43.5 Å². The highest BCUT2D eigenvalue weighted by molar-refractivity contribution is 9.10. The Bertz CT molecular complexity index is 1720. The second-order valence-electron chi connectivity index (χ2n) is 9.75. The molecular weight excluding hydrogens is 678 g/mol. The molecule has 212 valence electrons. The summed E-state index contributed by atoms with van der Waals surface area (Å²) in [7, 11) is 1.50. The summed E-state index contributed by atoms with van der Waals surface area (Å²) in [6.45, 7) is 0.0789. The van der Waals surface area contributed by atoms with E-state index in [0.29, 0.717) is 38.1 Å². The highest BCUT2D eigenvalue weighted by Crippen LogP contribution is 2.42. The van der Waals surface area contributed by atoms with E-state index in [0.717, 1.165) is 30.2 Å². The molecule has 1 fully saturated rings. The maximum Gasteiger partial charge on any atom is 0.335 e. The highest BCUT2D eigenvalue weighted by atomic mass is 79.9. The molecular formula is C30H26Br2ClN3O5. The fourth-order valence-corrected chi connectivity index (χ4v) is 5.97. The number of methoxy groups -OCH3 is 1. The maximum absolute atomic E-state index is 13.6. The molecule has 1 saturated carbocycles. The molecule has 1 N–H and O–H groups in total. The minimum absolute atomic E-state index is 0.0789. The third kappa shape index (κ3) is 6.34. The zero-order valence-electron chi connectivity index (χ0n) is 22.1. The number of carbonyl (C=O) groups is 1. The van der Waals surface area contributed by atoms with Crippen LogP contribution in [0.1, 0.15) is 65.3 Å². The quantitative estimate of drug-likeness (QED) is 0.188. The van der Waals surface area contributed by atoms with E-state index in [4.69, 9.17) is 26.1 Å². The Morgan fingerprint density at radius 2 is 1.95 bits per heavy atom. The predicted octanol–water partition coefficient (Wildman–Crippen LogP) is 7.79. The lowest BCUT2D eigenvalue weighted by molar-refractivity contribution is 0.0696. The van der Waals surface area contributed by atoms with Crippen molar-refractivity contribution in [3.8, 4) is 11.5 Å². The molecule has 0 unspecified atom stereocenters. The van der Waals surface area contributed by atoms with Crippen molar-refractivity contribution in [3.63, 3.8) is 0 Å². The van der Waals surface area contributed by atoms with E-state index < -0.39 is 5.97 Å². The molecule has 41 heavy (non-hydrogen) atoms. The van der Waals surface area contributed by atoms with Gasteiger partial charge in [0.25, 0.3) is 5.56 Å². The first-order valence-electron chi connectivity index (χ1n) is 13.0. The van der Waals surface area contributed by atoms with Crippen LogP contribution < -0.4 is 15.0 Å². The van der Waals surface area contributed by atoms with Gasteiger partial charge < -0.3 is 14.6 Å². The summed E-state index contributed by atoms with van der Waals surface area (Å²) in [4.78, 5) is 29.8. The van der Waals surface area contributed by atoms with Gasteiger partial charge in [-0.05, 0) is 70.7 Å². The molecule has 5 rings (SSSR count). The number of aromatic nitrogens is 2. The Hall–Kier alpha value is -3.21. The van der Waals surface area contributed by atoms with Crippen molar-refractivity contribution in [2.24, 2.45) is 5.10 Å². The van der Waals surface area contributed by atoms with Crippen LogP contribution in [0, 0.1) is 0 Å². The molecule has 8 nitrogen and oxygen atoms in total. The number of carboxylic acid groups (broad SMARTS) is 1. The molecule has 0 amide bonds. The second-order valence-corrected chi connectivity index (χ2v) is 11.8. The predicted molar refractivity (Wildman–Crippen MR) is 166 cm³/mol. The van der Waals surface area contributed by atoms with Crippen LogP contribution in [0.5, 0.6) is 11.5 Å². The fraction of sp³-hybridized carbons (Fsp3) is 0.267. The van der Waals surface area contributed by atoms with Crippen LogP contribution in [-0.2, 0) is 6.61 Å². The van der Waals surface area contributed by atoms with Crippen LogP contribution in [0.15, 0.2) is 67.4 Å². The first-order chi connectivity index (χ1) is 19.8. The number of nitrogens with zero attached hydrogens (tertiary/aromatic N) is 3. The molecule has 0 saturated heterocycles. The first-order valence-corrected chi connectivity index (χ1v) is 15.0. The van der Waals surface area contributed by atoms with Gasteiger partial charge in [-0.3, -0.25) is 4.79 Å². The molecule has 11 heteroatoms. The van der Waals surface area contributed by atoms with Gasteiger partial charge in [0.15, 0.2) is 11.5 Å². The normalized spacial score (nSPS) is 14.0. The number of halogens is 3. The molecule has 1 aliphatic carbocycles. The number of fused-ring (bicyclic) bond motifs is 1. The number of benzene rings is 3. The molecule has 3 aromatic carbocycles. The molecule has 0 radical (unpaired) electrons. The third-order valence-electron chi connectivity index (χ3n) is 7.05. The monoisotopic (exact) mass is 701 g/mol. The van der Waals surface area contributed by atoms with Gasteiger partial charge >= 0.3 is 5.97 Å². The van der Waals surface area contributed by atoms with Gasteiger partial charge in [-0.2, -0.15) is 9.78 Å². The zero-order chi connectivity index (χ0) is 29.1. The van der Waals surface area contributed by atoms with Crippen LogP contribution in [-0.4, -0.2) is 34.1 Å². The molecule has 0 spiro atoms. The lowest BCUT2D eigenvalue weighted by Crippen LogP contribution is -2.25. The summed E-state index contributed by atoms with van der Waals surface area (Å²) in [5, 5.41) is 14.6. The molecule has 1 heterocycles. The lowest BCUT2D eigenvalue weighted by Gasteiger charge is -2.22. The van der Waals surface area contributed by atoms with Crippen molar-refractivity contribution in [1.82, 2.24) is 9.66 Å². The smallest absolute Gasteiger partial charge is 0.335 e. The Labute approximate surface area is 258 Å². The number of aromatic carboxylic acids is 1. The molecule has 0 aliphatic heterocycles. The number of hydrogen-bond acceptors (Lipinski definition) is 6. The average molecular weight is 704 g/mol. The van der Waals surface area contributed by atoms with Gasteiger partial charge in [0.05, 0.1) is 29.8 Å². The minimum Gasteiger partial charge on any atom is -0.493 e. The van der Waals surface area contributed by atoms with Crippen LogP contribution in [0.4, 0.5) is 0 Å². The Balaban J connectivity index is 1.51. The van der Waals surface area contributed by atoms with Crippen molar-refractivity contribution in [2.75, 3.05) is 7.11 Å². The van der Waals surface area contributed by atoms with Crippen molar-refractivity contribution in [2.45, 2.75) is 44.6 Å². The second kappa shape index (κ2) is 12.8. The van der Waals surface area contributed by atoms with E-state index in [-0.39, 0.29) is 34.4 Å². The van der Waals surface area contributed by atoms with Gasteiger partial charge in [0.1, 0.15) is 17.5 Å². The third-order valence-corrected chi connectivity index (χ3v) is 8.99. The van der Waals surface area contributed by atoms with E-state index in [1.807, 2.05) is 12.1 Å². The standard InChI is InChI=1S/C30H26Br2ClN3O5/c1-40-24-13-20(25(32)26(33)27(24)41-16-17-6-5-9-19(12-17)30(38)39)15-34-36-28(18-7-3-2-4-8-18)35-23-11-10-21(31)14-22(23)29(36)37/h5-6,9-15,18H,2-4,7-8,16H2,1H3,(H,38,39). The highest BCUT2D eigenvalue weighted by Gasteiger charge is 2.23. The van der Waals surface area contributed by atoms with Crippen molar-refractivity contribution in [1.29, 1.82) is 0 Å². The van der Waals surface area contributed by atoms with Crippen LogP contribution in [0.2, 0.25) is 5.02 Å². The summed E-state index contributed by atoms with van der Waals surface area (Å²) in [5.74, 6) is 0.414. The molecule has 1 aromatic heterocycles. The Morgan fingerprint density at radius 1 is 1.17 bits per heavy atom. The maximum atomic E-state index is 13.6. The van der Waals surface area contributed by atoms with Crippen molar-refractivity contribution >= 4 is 66.5 Å². The largest absolute Gasteiger partial charge is 0.493 e. The molecule has 0 bridgehead atoms. The molecule has 4 aromatic rings. The summed E-state index contributed by atoms with van der Waals surface area (Å²) in [6.07, 6.45) is 6.81. The minimum atomic E-state index is -1.02. The van der Waals surface area contributed by atoms with Gasteiger partial charge in [-0.25, -0.2) is 9.78 Å². The van der Waals surface area contributed by atoms with E-state index in [9.17, 15) is 14.7 Å². The number of hydrogen-bond donors (Lipinski definition) is 1. The van der Waals surface area contributed by atoms with Gasteiger partial charge in [0.2, 0.25) is 0 Å². The summed E-state index contributed by atoms with van der Waals surface area (Å²) in [5.41, 5.74) is 1.80. The van der Waals surface area contributed by atoms with Crippen molar-refractivity contribution < 1.29 is 19.4 Å². The lowest BCUT2D eigenvalue weighted by atomic mass is 9.88. The number of carboxylic acids is 1. The van der Waals surface area contributed by atoms with E-state index in [1.165, 1.54) is 30.3 Å². The number of rotatable bonds is 8. The van der Waals surface area contributed by atoms with Crippen LogP contribution in [0.25, 0.3) is 10.9 Å². The summed E-state index contributed by atoms with van der Waals surface area (Å²) < 4.78 is 14.2. The van der Waals surface area contributed by atoms with Crippen LogP contribution in [0.3, 0.4) is 0 Å². The van der Waals surface area contributed by atoms with E-state index in [1.54, 1.807) is 30.5 Å². The Kier molecular flexibility index (Phi) is 9.11. The zero-order valence-corrected chi connectivity index (χ0v) is 26.0. The summed E-state index contributed by atoms with van der Waals surface area (Å²) >= 11 is 13.7. The fourth-order valence-electron chi connectivity index (χ4n) is 4.96. The molecule has 0 atom stereocenters. The van der Waals surface area contributed by atoms with E-state index in [2.05, 4.69) is 37.0 Å². The number of ether oxygens (including phenoxy) is 2. The first kappa shape index (κ1) is 29.3. The van der Waals surface area contributed by atoms with Gasteiger partial charge in [0, 0.05) is 20.4 Å². The molecule has 1 aliphatic rings. The van der Waals surface area contributed by atoms with Crippen molar-refractivity contribution in [3.05, 3.63) is 95.4 Å². The van der Waals surface area contributed by atoms with Gasteiger partial charge in [-0.1, -0.05) is 58.9 Å².